The van der Waals surface area contributed by atoms with E-state index in [-0.39, 0.29) is 11.9 Å². The van der Waals surface area contributed by atoms with E-state index in [0.29, 0.717) is 5.56 Å². The van der Waals surface area contributed by atoms with Gasteiger partial charge in [0.15, 0.2) is 0 Å². The molecule has 98 valence electrons. The molecule has 19 heavy (non-hydrogen) atoms. The molecule has 2 rings (SSSR count). The van der Waals surface area contributed by atoms with E-state index in [1.54, 1.807) is 0 Å². The summed E-state index contributed by atoms with van der Waals surface area (Å²) in [5, 5.41) is 6.04. The highest BCUT2D eigenvalue weighted by molar-refractivity contribution is 5.99. The van der Waals surface area contributed by atoms with Crippen LogP contribution >= 0.6 is 0 Å². The van der Waals surface area contributed by atoms with Crippen molar-refractivity contribution in [2.45, 2.75) is 13.0 Å². The fourth-order valence-electron chi connectivity index (χ4n) is 2.00. The molecule has 0 aliphatic rings. The largest absolute Gasteiger partial charge is 0.387 e. The molecule has 0 saturated carbocycles. The summed E-state index contributed by atoms with van der Waals surface area (Å²) in [6.07, 6.45) is 0. The van der Waals surface area contributed by atoms with E-state index >= 15 is 0 Å². The average Bonchev–Trinajstić information content (AvgIpc) is 2.48. The lowest BCUT2D eigenvalue weighted by Crippen LogP contribution is -2.27. The van der Waals surface area contributed by atoms with Crippen LogP contribution in [-0.4, -0.2) is 13.0 Å². The van der Waals surface area contributed by atoms with Crippen LogP contribution in [0.2, 0.25) is 0 Å². The van der Waals surface area contributed by atoms with Crippen molar-refractivity contribution in [3.8, 4) is 0 Å². The van der Waals surface area contributed by atoms with Crippen LogP contribution in [0.1, 0.15) is 28.9 Å². The zero-order valence-corrected chi connectivity index (χ0v) is 11.2. The van der Waals surface area contributed by atoms with Crippen LogP contribution in [0.15, 0.2) is 54.6 Å². The van der Waals surface area contributed by atoms with E-state index < -0.39 is 0 Å². The van der Waals surface area contributed by atoms with Crippen molar-refractivity contribution in [2.75, 3.05) is 12.4 Å². The molecule has 0 aromatic heterocycles. The molecule has 1 amide bonds. The van der Waals surface area contributed by atoms with Gasteiger partial charge in [-0.3, -0.25) is 4.79 Å². The van der Waals surface area contributed by atoms with Crippen molar-refractivity contribution in [1.29, 1.82) is 0 Å². The van der Waals surface area contributed by atoms with Crippen LogP contribution in [0.4, 0.5) is 5.69 Å². The van der Waals surface area contributed by atoms with Gasteiger partial charge in [0, 0.05) is 12.7 Å². The zero-order valence-electron chi connectivity index (χ0n) is 11.2. The van der Waals surface area contributed by atoms with Crippen molar-refractivity contribution >= 4 is 11.6 Å². The molecule has 0 fully saturated rings. The predicted octanol–water partition coefficient (Wildman–Crippen LogP) is 3.22. The Labute approximate surface area is 113 Å². The normalized spacial score (nSPS) is 11.7. The van der Waals surface area contributed by atoms with Gasteiger partial charge in [-0.05, 0) is 24.6 Å². The first-order valence-corrected chi connectivity index (χ1v) is 6.35. The second kappa shape index (κ2) is 6.05. The van der Waals surface area contributed by atoms with Gasteiger partial charge in [0.2, 0.25) is 0 Å². The lowest BCUT2D eigenvalue weighted by molar-refractivity contribution is 0.0940. The van der Waals surface area contributed by atoms with Crippen LogP contribution in [-0.2, 0) is 0 Å². The van der Waals surface area contributed by atoms with E-state index in [9.17, 15) is 4.79 Å². The minimum atomic E-state index is -0.0682. The Morgan fingerprint density at radius 3 is 2.32 bits per heavy atom. The molecule has 0 aliphatic carbocycles. The number of anilines is 1. The molecule has 2 N–H and O–H groups in total. The Morgan fingerprint density at radius 2 is 1.63 bits per heavy atom. The molecule has 0 unspecified atom stereocenters. The van der Waals surface area contributed by atoms with Gasteiger partial charge >= 0.3 is 0 Å². The number of carbonyl (C=O) groups is 1. The van der Waals surface area contributed by atoms with Gasteiger partial charge in [-0.1, -0.05) is 42.5 Å². The van der Waals surface area contributed by atoms with Crippen molar-refractivity contribution in [3.05, 3.63) is 65.7 Å². The summed E-state index contributed by atoms with van der Waals surface area (Å²) in [7, 11) is 1.81. The van der Waals surface area contributed by atoms with Crippen LogP contribution in [0, 0.1) is 0 Å². The molecule has 3 nitrogen and oxygen atoms in total. The fraction of sp³-hybridized carbons (Fsp3) is 0.188. The molecule has 2 aromatic rings. The van der Waals surface area contributed by atoms with Crippen LogP contribution in [0.5, 0.6) is 0 Å². The van der Waals surface area contributed by atoms with Gasteiger partial charge in [0.05, 0.1) is 11.6 Å². The fourth-order valence-corrected chi connectivity index (χ4v) is 2.00. The quantitative estimate of drug-likeness (QED) is 0.879. The predicted molar refractivity (Wildman–Crippen MR) is 78.3 cm³/mol. The van der Waals surface area contributed by atoms with E-state index in [1.807, 2.05) is 68.6 Å². The number of benzene rings is 2. The molecule has 0 spiro atoms. The van der Waals surface area contributed by atoms with Crippen LogP contribution in [0.3, 0.4) is 0 Å². The van der Waals surface area contributed by atoms with Crippen molar-refractivity contribution in [1.82, 2.24) is 5.32 Å². The summed E-state index contributed by atoms with van der Waals surface area (Å²) in [5.41, 5.74) is 2.59. The maximum Gasteiger partial charge on any atom is 0.253 e. The van der Waals surface area contributed by atoms with E-state index in [1.165, 1.54) is 0 Å². The summed E-state index contributed by atoms with van der Waals surface area (Å²) >= 11 is 0. The third-order valence-corrected chi connectivity index (χ3v) is 3.09. The number of rotatable bonds is 4. The van der Waals surface area contributed by atoms with Gasteiger partial charge in [-0.15, -0.1) is 0 Å². The smallest absolute Gasteiger partial charge is 0.253 e. The Kier molecular flexibility index (Phi) is 4.18. The first-order valence-electron chi connectivity index (χ1n) is 6.35. The highest BCUT2D eigenvalue weighted by atomic mass is 16.1. The Morgan fingerprint density at radius 1 is 1.00 bits per heavy atom. The number of hydrogen-bond donors (Lipinski definition) is 2. The van der Waals surface area contributed by atoms with E-state index in [2.05, 4.69) is 10.6 Å². The molecule has 0 aliphatic heterocycles. The molecule has 0 heterocycles. The Hall–Kier alpha value is -2.29. The van der Waals surface area contributed by atoms with Gasteiger partial charge in [-0.2, -0.15) is 0 Å². The molecule has 1 atom stereocenters. The lowest BCUT2D eigenvalue weighted by Gasteiger charge is -2.15. The number of para-hydroxylation sites is 1. The van der Waals surface area contributed by atoms with Crippen LogP contribution in [0.25, 0.3) is 0 Å². The monoisotopic (exact) mass is 254 g/mol. The van der Waals surface area contributed by atoms with Crippen molar-refractivity contribution in [2.24, 2.45) is 0 Å². The topological polar surface area (TPSA) is 41.1 Å². The van der Waals surface area contributed by atoms with Crippen molar-refractivity contribution < 1.29 is 4.79 Å². The molecular weight excluding hydrogens is 236 g/mol. The summed E-state index contributed by atoms with van der Waals surface area (Å²) in [6, 6.07) is 17.4. The standard InChI is InChI=1S/C16H18N2O/c1-12(13-8-4-3-5-9-13)18-16(19)14-10-6-7-11-15(14)17-2/h3-12,17H,1-2H3,(H,18,19)/t12-/m1/s1. The molecule has 3 heteroatoms. The molecule has 0 radical (unpaired) electrons. The van der Waals surface area contributed by atoms with Gasteiger partial charge in [-0.25, -0.2) is 0 Å². The third kappa shape index (κ3) is 3.13. The summed E-state index contributed by atoms with van der Waals surface area (Å²) < 4.78 is 0. The lowest BCUT2D eigenvalue weighted by atomic mass is 10.1. The van der Waals surface area contributed by atoms with Gasteiger partial charge < -0.3 is 10.6 Å². The minimum absolute atomic E-state index is 0.0152. The second-order valence-electron chi connectivity index (χ2n) is 4.40. The average molecular weight is 254 g/mol. The molecule has 0 saturated heterocycles. The summed E-state index contributed by atoms with van der Waals surface area (Å²) in [5.74, 6) is -0.0682. The number of nitrogens with one attached hydrogen (secondary N) is 2. The first-order chi connectivity index (χ1) is 9.22. The summed E-state index contributed by atoms with van der Waals surface area (Å²) in [6.45, 7) is 1.98. The second-order valence-corrected chi connectivity index (χ2v) is 4.40. The van der Waals surface area contributed by atoms with Crippen molar-refractivity contribution in [3.63, 3.8) is 0 Å². The number of hydrogen-bond acceptors (Lipinski definition) is 2. The van der Waals surface area contributed by atoms with E-state index in [0.717, 1.165) is 11.3 Å². The number of carbonyl (C=O) groups excluding carboxylic acids is 1. The third-order valence-electron chi connectivity index (χ3n) is 3.09. The van der Waals surface area contributed by atoms with Gasteiger partial charge in [0.25, 0.3) is 5.91 Å². The van der Waals surface area contributed by atoms with Crippen LogP contribution < -0.4 is 10.6 Å². The summed E-state index contributed by atoms with van der Waals surface area (Å²) in [4.78, 5) is 12.3. The highest BCUT2D eigenvalue weighted by Gasteiger charge is 2.13. The maximum atomic E-state index is 12.3. The molecule has 0 bridgehead atoms. The number of amides is 1. The van der Waals surface area contributed by atoms with E-state index in [4.69, 9.17) is 0 Å². The first kappa shape index (κ1) is 13.1. The SMILES string of the molecule is CNc1ccccc1C(=O)N[C@H](C)c1ccccc1. The molecule has 2 aromatic carbocycles. The zero-order chi connectivity index (χ0) is 13.7. The van der Waals surface area contributed by atoms with Gasteiger partial charge in [0.1, 0.15) is 0 Å². The Bertz CT molecular complexity index is 552. The highest BCUT2D eigenvalue weighted by Crippen LogP contribution is 2.17. The minimum Gasteiger partial charge on any atom is -0.387 e. The molecular formula is C16H18N2O. The Balaban J connectivity index is 2.13. The maximum absolute atomic E-state index is 12.3.